The lowest BCUT2D eigenvalue weighted by atomic mass is 10.2. The molecule has 1 heterocycles. The smallest absolute Gasteiger partial charge is 0.267 e. The fourth-order valence-electron chi connectivity index (χ4n) is 1.37. The highest BCUT2D eigenvalue weighted by atomic mass is 19.3. The van der Waals surface area contributed by atoms with E-state index in [1.807, 2.05) is 0 Å². The van der Waals surface area contributed by atoms with Crippen molar-refractivity contribution < 1.29 is 8.78 Å². The van der Waals surface area contributed by atoms with Crippen LogP contribution in [-0.4, -0.2) is 21.2 Å². The standard InChI is InChI=1S/C8H11F2N3/c9-8(10)6-7(8,11)2-5-13-4-1-3-12-13/h1,3-4H,2,5-6,11H2. The number of alkyl halides is 2. The van der Waals surface area contributed by atoms with Crippen molar-refractivity contribution in [3.8, 4) is 0 Å². The highest BCUT2D eigenvalue weighted by Gasteiger charge is 2.68. The number of hydrogen-bond acceptors (Lipinski definition) is 2. The molecule has 1 atom stereocenters. The Morgan fingerprint density at radius 1 is 1.54 bits per heavy atom. The quantitative estimate of drug-likeness (QED) is 0.767. The molecule has 0 radical (unpaired) electrons. The molecule has 1 aromatic rings. The van der Waals surface area contributed by atoms with Gasteiger partial charge in [-0.1, -0.05) is 0 Å². The van der Waals surface area contributed by atoms with Crippen molar-refractivity contribution in [2.75, 3.05) is 0 Å². The largest absolute Gasteiger partial charge is 0.320 e. The van der Waals surface area contributed by atoms with Crippen LogP contribution in [0, 0.1) is 0 Å². The summed E-state index contributed by atoms with van der Waals surface area (Å²) in [6.07, 6.45) is 3.45. The van der Waals surface area contributed by atoms with Crippen molar-refractivity contribution in [1.29, 1.82) is 0 Å². The minimum absolute atomic E-state index is 0.193. The molecule has 0 aliphatic heterocycles. The molecule has 72 valence electrons. The molecule has 1 unspecified atom stereocenters. The van der Waals surface area contributed by atoms with E-state index < -0.39 is 11.5 Å². The predicted molar refractivity (Wildman–Crippen MR) is 43.3 cm³/mol. The molecule has 2 N–H and O–H groups in total. The van der Waals surface area contributed by atoms with Crippen LogP contribution in [0.4, 0.5) is 8.78 Å². The predicted octanol–water partition coefficient (Wildman–Crippen LogP) is 1.01. The molecule has 1 fully saturated rings. The van der Waals surface area contributed by atoms with E-state index in [1.54, 1.807) is 23.1 Å². The van der Waals surface area contributed by atoms with E-state index in [9.17, 15) is 8.78 Å². The van der Waals surface area contributed by atoms with Crippen molar-refractivity contribution >= 4 is 0 Å². The van der Waals surface area contributed by atoms with Crippen LogP contribution >= 0.6 is 0 Å². The lowest BCUT2D eigenvalue weighted by Crippen LogP contribution is -2.31. The van der Waals surface area contributed by atoms with Gasteiger partial charge in [0.1, 0.15) is 0 Å². The van der Waals surface area contributed by atoms with Gasteiger partial charge in [-0.15, -0.1) is 0 Å². The first kappa shape index (κ1) is 8.62. The van der Waals surface area contributed by atoms with Gasteiger partial charge in [-0.2, -0.15) is 5.10 Å². The van der Waals surface area contributed by atoms with E-state index >= 15 is 0 Å². The maximum atomic E-state index is 12.7. The van der Waals surface area contributed by atoms with Crippen molar-refractivity contribution in [3.05, 3.63) is 18.5 Å². The van der Waals surface area contributed by atoms with Crippen LogP contribution in [0.2, 0.25) is 0 Å². The van der Waals surface area contributed by atoms with Gasteiger partial charge < -0.3 is 5.73 Å². The number of nitrogens with zero attached hydrogens (tertiary/aromatic N) is 2. The number of aromatic nitrogens is 2. The average Bonchev–Trinajstić information content (AvgIpc) is 2.53. The number of aryl methyl sites for hydroxylation is 1. The first-order valence-corrected chi connectivity index (χ1v) is 4.18. The third-order valence-electron chi connectivity index (χ3n) is 2.49. The Morgan fingerprint density at radius 2 is 2.23 bits per heavy atom. The van der Waals surface area contributed by atoms with Crippen molar-refractivity contribution in [2.24, 2.45) is 5.73 Å². The lowest BCUT2D eigenvalue weighted by molar-refractivity contribution is 0.0857. The van der Waals surface area contributed by atoms with Crippen LogP contribution in [0.25, 0.3) is 0 Å². The summed E-state index contributed by atoms with van der Waals surface area (Å²) >= 11 is 0. The van der Waals surface area contributed by atoms with Gasteiger partial charge in [0.15, 0.2) is 0 Å². The molecular weight excluding hydrogens is 176 g/mol. The van der Waals surface area contributed by atoms with Gasteiger partial charge in [-0.25, -0.2) is 8.78 Å². The second-order valence-electron chi connectivity index (χ2n) is 3.56. The summed E-state index contributed by atoms with van der Waals surface area (Å²) < 4.78 is 26.9. The molecule has 2 rings (SSSR count). The first-order valence-electron chi connectivity index (χ1n) is 4.18. The van der Waals surface area contributed by atoms with Gasteiger partial charge >= 0.3 is 0 Å². The van der Waals surface area contributed by atoms with E-state index in [0.29, 0.717) is 6.54 Å². The number of halogens is 2. The van der Waals surface area contributed by atoms with Gasteiger partial charge in [0, 0.05) is 25.4 Å². The Morgan fingerprint density at radius 3 is 2.69 bits per heavy atom. The second kappa shape index (κ2) is 2.51. The molecule has 13 heavy (non-hydrogen) atoms. The Bertz CT molecular complexity index is 296. The summed E-state index contributed by atoms with van der Waals surface area (Å²) in [6, 6.07) is 1.76. The zero-order valence-electron chi connectivity index (χ0n) is 7.08. The summed E-state index contributed by atoms with van der Waals surface area (Å²) in [6.45, 7) is 0.457. The number of hydrogen-bond donors (Lipinski definition) is 1. The summed E-state index contributed by atoms with van der Waals surface area (Å²) in [4.78, 5) is 0. The zero-order valence-corrected chi connectivity index (χ0v) is 7.08. The summed E-state index contributed by atoms with van der Waals surface area (Å²) in [5.74, 6) is -2.67. The second-order valence-corrected chi connectivity index (χ2v) is 3.56. The molecule has 1 saturated carbocycles. The van der Waals surface area contributed by atoms with Crippen LogP contribution in [0.3, 0.4) is 0 Å². The molecule has 3 nitrogen and oxygen atoms in total. The number of nitrogens with two attached hydrogens (primary N) is 1. The Kier molecular flexibility index (Phi) is 1.66. The lowest BCUT2D eigenvalue weighted by Gasteiger charge is -2.09. The van der Waals surface area contributed by atoms with E-state index in [-0.39, 0.29) is 12.8 Å². The average molecular weight is 187 g/mol. The van der Waals surface area contributed by atoms with Crippen molar-refractivity contribution in [2.45, 2.75) is 30.8 Å². The fourth-order valence-corrected chi connectivity index (χ4v) is 1.37. The highest BCUT2D eigenvalue weighted by molar-refractivity contribution is 5.15. The van der Waals surface area contributed by atoms with Gasteiger partial charge in [0.05, 0.1) is 5.54 Å². The van der Waals surface area contributed by atoms with E-state index in [4.69, 9.17) is 5.73 Å². The van der Waals surface area contributed by atoms with Gasteiger partial charge in [0.2, 0.25) is 0 Å². The topological polar surface area (TPSA) is 43.8 Å². The normalized spacial score (nSPS) is 30.4. The maximum Gasteiger partial charge on any atom is 0.267 e. The maximum absolute atomic E-state index is 12.7. The molecular formula is C8H11F2N3. The van der Waals surface area contributed by atoms with Crippen LogP contribution in [-0.2, 0) is 6.54 Å². The molecule has 0 spiro atoms. The Balaban J connectivity index is 1.88. The Hall–Kier alpha value is -0.970. The number of rotatable bonds is 3. The molecule has 0 bridgehead atoms. The summed E-state index contributed by atoms with van der Waals surface area (Å²) in [7, 11) is 0. The van der Waals surface area contributed by atoms with E-state index in [0.717, 1.165) is 0 Å². The van der Waals surface area contributed by atoms with Gasteiger partial charge in [-0.05, 0) is 12.5 Å². The minimum Gasteiger partial charge on any atom is -0.320 e. The van der Waals surface area contributed by atoms with Crippen LogP contribution in [0.15, 0.2) is 18.5 Å². The third kappa shape index (κ3) is 1.44. The molecule has 5 heteroatoms. The monoisotopic (exact) mass is 187 g/mol. The van der Waals surface area contributed by atoms with Crippen molar-refractivity contribution in [3.63, 3.8) is 0 Å². The van der Waals surface area contributed by atoms with Gasteiger partial charge in [-0.3, -0.25) is 4.68 Å². The zero-order chi connectivity index (χ0) is 9.53. The molecule has 1 aromatic heterocycles. The molecule has 0 aromatic carbocycles. The summed E-state index contributed by atoms with van der Waals surface area (Å²) in [5.41, 5.74) is 4.17. The molecule has 1 aliphatic rings. The third-order valence-corrected chi connectivity index (χ3v) is 2.49. The van der Waals surface area contributed by atoms with Crippen LogP contribution in [0.1, 0.15) is 12.8 Å². The molecule has 1 aliphatic carbocycles. The van der Waals surface area contributed by atoms with Gasteiger partial charge in [0.25, 0.3) is 5.92 Å². The Labute approximate surface area is 74.5 Å². The first-order chi connectivity index (χ1) is 6.04. The highest BCUT2D eigenvalue weighted by Crippen LogP contribution is 2.52. The fraction of sp³-hybridized carbons (Fsp3) is 0.625. The van der Waals surface area contributed by atoms with Crippen molar-refractivity contribution in [1.82, 2.24) is 9.78 Å². The van der Waals surface area contributed by atoms with Crippen LogP contribution in [0.5, 0.6) is 0 Å². The molecule has 0 saturated heterocycles. The minimum atomic E-state index is -2.67. The molecule has 0 amide bonds. The van der Waals surface area contributed by atoms with E-state index in [1.165, 1.54) is 0 Å². The summed E-state index contributed by atoms with van der Waals surface area (Å²) in [5, 5.41) is 3.91. The van der Waals surface area contributed by atoms with Crippen LogP contribution < -0.4 is 5.73 Å². The van der Waals surface area contributed by atoms with E-state index in [2.05, 4.69) is 5.10 Å². The SMILES string of the molecule is NC1(CCn2cccn2)CC1(F)F.